The molecule has 76 heavy (non-hydrogen) atoms. The van der Waals surface area contributed by atoms with Crippen LogP contribution in [0.25, 0.3) is 10.4 Å². The number of azide groups is 1. The van der Waals surface area contributed by atoms with E-state index in [9.17, 15) is 5.53 Å². The Morgan fingerprint density at radius 3 is 1.54 bits per heavy atom. The minimum Gasteiger partial charge on any atom is -0.382 e. The monoisotopic (exact) mass is 1090 g/mol. The van der Waals surface area contributed by atoms with E-state index in [4.69, 9.17) is 109 Å². The van der Waals surface area contributed by atoms with Gasteiger partial charge in [0.05, 0.1) is 57.5 Å². The van der Waals surface area contributed by atoms with Gasteiger partial charge < -0.3 is 109 Å². The van der Waals surface area contributed by atoms with Crippen LogP contribution in [-0.2, 0) is 109 Å². The average molecular weight is 1090 g/mol. The normalized spacial score (nSPS) is 44.5. The smallest absolute Gasteiger partial charge is 0.187 e. The Hall–Kier alpha value is -2.39. The van der Waals surface area contributed by atoms with Crippen molar-refractivity contribution in [3.8, 4) is 0 Å². The predicted octanol–water partition coefficient (Wildman–Crippen LogP) is 1.71. The number of methoxy groups -OCH3 is 12. The molecule has 1 aromatic rings. The standard InChI is InChI=1S/C50H79N3O23/c1-54-19-27-25(18-26-34(58-5)40(60-7)36(28(68-26)20-55-2)75-50-45(65-12)42(62-9)38-31(72-50)22-66-46(73-38)24-16-14-13-15-17-24)33(57-4)43(63-10)48(69-27)76-37-29(21-56-3)71-49(44(64-11)41(37)61-8)74-35-30-23-67-47(70-30)32(52-53-51)39(35)59-6/h13-17,25-50H,18-23H2,1-12H3/t25-,26+,27-,28?,29-,30?,31?,32?,33?,34?,35+,36+,37-,38+,39+,40-,41?,42+,43?,44?,45?,46?,47+,48-,49-,50+/m1/s1. The molecule has 7 aliphatic rings. The van der Waals surface area contributed by atoms with Crippen LogP contribution >= 0.6 is 0 Å². The Balaban J connectivity index is 0.993. The van der Waals surface area contributed by atoms with Crippen molar-refractivity contribution in [3.05, 3.63) is 46.3 Å². The molecule has 0 amide bonds. The zero-order valence-electron chi connectivity index (χ0n) is 45.4. The molecule has 0 radical (unpaired) electrons. The lowest BCUT2D eigenvalue weighted by atomic mass is 9.81. The molecule has 0 saturated carbocycles. The fourth-order valence-electron chi connectivity index (χ4n) is 12.1. The van der Waals surface area contributed by atoms with Gasteiger partial charge in [-0.15, -0.1) is 0 Å². The Kier molecular flexibility index (Phi) is 22.3. The van der Waals surface area contributed by atoms with Gasteiger partial charge >= 0.3 is 0 Å². The Morgan fingerprint density at radius 2 is 0.961 bits per heavy atom. The van der Waals surface area contributed by atoms with Crippen molar-refractivity contribution < 1.29 is 109 Å². The maximum atomic E-state index is 9.36. The van der Waals surface area contributed by atoms with Crippen LogP contribution < -0.4 is 0 Å². The molecule has 0 N–H and O–H groups in total. The lowest BCUT2D eigenvalue weighted by Gasteiger charge is -2.52. The third-order valence-corrected chi connectivity index (χ3v) is 15.5. The number of fused-ring (bicyclic) bond motifs is 3. The molecule has 26 heteroatoms. The van der Waals surface area contributed by atoms with Gasteiger partial charge in [-0.3, -0.25) is 0 Å². The summed E-state index contributed by atoms with van der Waals surface area (Å²) in [4.78, 5) is 3.00. The van der Waals surface area contributed by atoms with Crippen LogP contribution in [0.3, 0.4) is 0 Å². The van der Waals surface area contributed by atoms with Crippen molar-refractivity contribution in [2.45, 2.75) is 160 Å². The van der Waals surface area contributed by atoms with Gasteiger partial charge in [0.1, 0.15) is 97.6 Å². The molecule has 11 unspecified atom stereocenters. The van der Waals surface area contributed by atoms with Crippen LogP contribution in [0.1, 0.15) is 18.3 Å². The van der Waals surface area contributed by atoms with E-state index < -0.39 is 159 Å². The highest BCUT2D eigenvalue weighted by Crippen LogP contribution is 2.43. The number of hydrogen-bond acceptors (Lipinski definition) is 24. The van der Waals surface area contributed by atoms with Gasteiger partial charge in [-0.1, -0.05) is 35.4 Å². The zero-order valence-corrected chi connectivity index (χ0v) is 45.4. The number of hydrogen-bond donors (Lipinski definition) is 0. The molecule has 26 atom stereocenters. The minimum absolute atomic E-state index is 0.0460. The SMILES string of the molecule is COCC1O[C@@H](C[C@H]2C(OC)C(OC)[C@@H](O[C@H]3C(OC)C(OC)[C@@H](O[C@H]4C5CO[C@@H](O5)C(N=[N+]=[N-])[C@@H]4OC)O[C@@H]3COC)O[C@@H]2COC)C(OC)[C@@H](OC)[C@H]1O[C@@H]1OC2COC(c3ccccc3)O[C@@H]2[C@H](OC)C1OC. The summed E-state index contributed by atoms with van der Waals surface area (Å²) >= 11 is 0. The Bertz CT molecular complexity index is 1930. The van der Waals surface area contributed by atoms with E-state index in [-0.39, 0.29) is 33.0 Å². The van der Waals surface area contributed by atoms with Gasteiger partial charge in [0.15, 0.2) is 31.5 Å². The lowest BCUT2D eigenvalue weighted by molar-refractivity contribution is -0.385. The molecule has 1 aromatic carbocycles. The molecule has 432 valence electrons. The first-order valence-corrected chi connectivity index (χ1v) is 25.6. The number of benzene rings is 1. The highest BCUT2D eigenvalue weighted by molar-refractivity contribution is 5.17. The second kappa shape index (κ2) is 28.3. The molecule has 7 heterocycles. The average Bonchev–Trinajstić information content (AvgIpc) is 3.89. The first-order valence-electron chi connectivity index (χ1n) is 25.6. The van der Waals surface area contributed by atoms with Gasteiger partial charge in [-0.05, 0) is 12.0 Å². The summed E-state index contributed by atoms with van der Waals surface area (Å²) in [5.41, 5.74) is 10.2. The molecule has 0 aromatic heterocycles. The van der Waals surface area contributed by atoms with Crippen molar-refractivity contribution >= 4 is 0 Å². The van der Waals surface area contributed by atoms with Gasteiger partial charge in [0, 0.05) is 102 Å². The molecule has 7 aliphatic heterocycles. The third-order valence-electron chi connectivity index (χ3n) is 15.5. The van der Waals surface area contributed by atoms with Crippen LogP contribution in [0.15, 0.2) is 35.4 Å². The summed E-state index contributed by atoms with van der Waals surface area (Å²) in [6.07, 6.45) is -17.8. The van der Waals surface area contributed by atoms with Crippen LogP contribution in [0.5, 0.6) is 0 Å². The zero-order chi connectivity index (χ0) is 54.0. The quantitative estimate of drug-likeness (QED) is 0.0767. The third kappa shape index (κ3) is 12.4. The first kappa shape index (κ1) is 59.7. The molecule has 0 spiro atoms. The summed E-state index contributed by atoms with van der Waals surface area (Å²) in [6.45, 7) is 0.689. The number of ether oxygens (including phenoxy) is 23. The molecular weight excluding hydrogens is 1010 g/mol. The van der Waals surface area contributed by atoms with E-state index in [1.54, 1.807) is 64.0 Å². The minimum atomic E-state index is -1.08. The summed E-state index contributed by atoms with van der Waals surface area (Å²) in [5, 5.41) is 3.91. The van der Waals surface area contributed by atoms with Crippen molar-refractivity contribution in [1.29, 1.82) is 0 Å². The molecular formula is C50H79N3O23. The van der Waals surface area contributed by atoms with Crippen LogP contribution in [0.4, 0.5) is 0 Å². The van der Waals surface area contributed by atoms with Gasteiger partial charge in [0.2, 0.25) is 0 Å². The first-order chi connectivity index (χ1) is 37.1. The second-order valence-corrected chi connectivity index (χ2v) is 19.5. The highest BCUT2D eigenvalue weighted by Gasteiger charge is 2.59. The number of nitrogens with zero attached hydrogens (tertiary/aromatic N) is 3. The predicted molar refractivity (Wildman–Crippen MR) is 258 cm³/mol. The lowest BCUT2D eigenvalue weighted by Crippen LogP contribution is -2.67. The van der Waals surface area contributed by atoms with Crippen LogP contribution in [0.2, 0.25) is 0 Å². The van der Waals surface area contributed by atoms with Crippen LogP contribution in [0, 0.1) is 5.92 Å². The summed E-state index contributed by atoms with van der Waals surface area (Å²) in [7, 11) is 18.8. The Morgan fingerprint density at radius 1 is 0.461 bits per heavy atom. The summed E-state index contributed by atoms with van der Waals surface area (Å²) < 4.78 is 145. The fraction of sp³-hybridized carbons (Fsp3) is 0.880. The van der Waals surface area contributed by atoms with E-state index in [1.807, 2.05) is 30.3 Å². The largest absolute Gasteiger partial charge is 0.382 e. The van der Waals surface area contributed by atoms with E-state index >= 15 is 0 Å². The van der Waals surface area contributed by atoms with E-state index in [1.165, 1.54) is 21.3 Å². The van der Waals surface area contributed by atoms with Gasteiger partial charge in [-0.2, -0.15) is 0 Å². The Labute approximate surface area is 443 Å². The van der Waals surface area contributed by atoms with E-state index in [2.05, 4.69) is 10.0 Å². The molecule has 0 aliphatic carbocycles. The summed E-state index contributed by atoms with van der Waals surface area (Å²) in [5.74, 6) is -0.444. The van der Waals surface area contributed by atoms with Crippen molar-refractivity contribution in [1.82, 2.24) is 0 Å². The van der Waals surface area contributed by atoms with E-state index in [0.29, 0.717) is 6.42 Å². The van der Waals surface area contributed by atoms with Gasteiger partial charge in [-0.25, -0.2) is 0 Å². The maximum Gasteiger partial charge on any atom is 0.187 e. The van der Waals surface area contributed by atoms with Crippen molar-refractivity contribution in [2.24, 2.45) is 11.0 Å². The molecule has 7 saturated heterocycles. The van der Waals surface area contributed by atoms with Crippen molar-refractivity contribution in [3.63, 3.8) is 0 Å². The maximum absolute atomic E-state index is 9.36. The topological polar surface area (TPSA) is 261 Å². The van der Waals surface area contributed by atoms with Gasteiger partial charge in [0.25, 0.3) is 0 Å². The number of rotatable bonds is 25. The highest BCUT2D eigenvalue weighted by atomic mass is 16.8. The molecule has 26 nitrogen and oxygen atoms in total. The van der Waals surface area contributed by atoms with E-state index in [0.717, 1.165) is 5.56 Å². The second-order valence-electron chi connectivity index (χ2n) is 19.5. The molecule has 7 fully saturated rings. The molecule has 8 rings (SSSR count). The summed E-state index contributed by atoms with van der Waals surface area (Å²) in [6, 6.07) is 8.86. The van der Waals surface area contributed by atoms with Crippen molar-refractivity contribution in [2.75, 3.05) is 118 Å². The fourth-order valence-corrected chi connectivity index (χ4v) is 12.1. The van der Waals surface area contributed by atoms with Crippen LogP contribution in [-0.4, -0.2) is 266 Å². The molecule has 2 bridgehead atoms.